The van der Waals surface area contributed by atoms with Crippen molar-refractivity contribution in [2.45, 2.75) is 51.4 Å². The Kier molecular flexibility index (Phi) is 3.27. The normalized spacial score (nSPS) is 16.1. The molecule has 88 valence electrons. The quantitative estimate of drug-likeness (QED) is 0.525. The zero-order chi connectivity index (χ0) is 11.5. The van der Waals surface area contributed by atoms with Crippen LogP contribution in [0.15, 0.2) is 0 Å². The van der Waals surface area contributed by atoms with Gasteiger partial charge in [0.25, 0.3) is 0 Å². The van der Waals surface area contributed by atoms with E-state index in [0.717, 1.165) is 12.8 Å². The molecule has 16 heavy (non-hydrogen) atoms. The number of hydrogen-bond acceptors (Lipinski definition) is 2. The lowest BCUT2D eigenvalue weighted by atomic mass is 9.80. The summed E-state index contributed by atoms with van der Waals surface area (Å²) in [6.45, 7) is 2.13. The van der Waals surface area contributed by atoms with Gasteiger partial charge in [-0.3, -0.25) is 10.5 Å². The van der Waals surface area contributed by atoms with Gasteiger partial charge in [-0.05, 0) is 31.2 Å². The third-order valence-corrected chi connectivity index (χ3v) is 3.47. The van der Waals surface area contributed by atoms with Crippen molar-refractivity contribution < 1.29 is 0 Å². The number of nitrogens with two attached hydrogens (primary N) is 1. The molecule has 0 unspecified atom stereocenters. The van der Waals surface area contributed by atoms with E-state index in [2.05, 4.69) is 17.1 Å². The fourth-order valence-electron chi connectivity index (χ4n) is 2.27. The molecule has 1 aromatic heterocycles. The molecule has 2 rings (SSSR count). The van der Waals surface area contributed by atoms with Crippen LogP contribution < -0.4 is 5.73 Å². The Morgan fingerprint density at radius 3 is 2.81 bits per heavy atom. The zero-order valence-electron chi connectivity index (χ0n) is 9.84. The SMILES string of the molecule is CCc1[nH]nc(C2CCC2)c1CCC(=N)N. The summed E-state index contributed by atoms with van der Waals surface area (Å²) in [6, 6.07) is 0. The second-order valence-corrected chi connectivity index (χ2v) is 4.57. The lowest BCUT2D eigenvalue weighted by Crippen LogP contribution is -2.14. The van der Waals surface area contributed by atoms with Crippen molar-refractivity contribution >= 4 is 5.84 Å². The van der Waals surface area contributed by atoms with Crippen molar-refractivity contribution in [1.29, 1.82) is 5.41 Å². The molecule has 1 fully saturated rings. The van der Waals surface area contributed by atoms with E-state index in [9.17, 15) is 0 Å². The predicted octanol–water partition coefficient (Wildman–Crippen LogP) is 2.11. The van der Waals surface area contributed by atoms with Crippen LogP contribution in [0.2, 0.25) is 0 Å². The van der Waals surface area contributed by atoms with Crippen LogP contribution in [0.4, 0.5) is 0 Å². The van der Waals surface area contributed by atoms with Gasteiger partial charge < -0.3 is 5.73 Å². The fourth-order valence-corrected chi connectivity index (χ4v) is 2.27. The summed E-state index contributed by atoms with van der Waals surface area (Å²) in [5.74, 6) is 0.918. The molecular formula is C12H20N4. The maximum absolute atomic E-state index is 7.31. The summed E-state index contributed by atoms with van der Waals surface area (Å²) in [6.07, 6.45) is 6.34. The Bertz CT molecular complexity index is 376. The molecule has 0 aromatic carbocycles. The van der Waals surface area contributed by atoms with Gasteiger partial charge in [-0.1, -0.05) is 13.3 Å². The smallest absolute Gasteiger partial charge is 0.0908 e. The summed E-state index contributed by atoms with van der Waals surface area (Å²) in [5.41, 5.74) is 9.21. The molecule has 1 saturated carbocycles. The molecule has 0 radical (unpaired) electrons. The summed E-state index contributed by atoms with van der Waals surface area (Å²) in [5, 5.41) is 14.9. The highest BCUT2D eigenvalue weighted by Crippen LogP contribution is 2.37. The highest BCUT2D eigenvalue weighted by atomic mass is 15.1. The van der Waals surface area contributed by atoms with Crippen molar-refractivity contribution in [1.82, 2.24) is 10.2 Å². The van der Waals surface area contributed by atoms with E-state index in [-0.39, 0.29) is 5.84 Å². The zero-order valence-corrected chi connectivity index (χ0v) is 9.84. The molecule has 1 heterocycles. The monoisotopic (exact) mass is 220 g/mol. The molecular weight excluding hydrogens is 200 g/mol. The Morgan fingerprint density at radius 1 is 1.56 bits per heavy atom. The first-order chi connectivity index (χ1) is 7.72. The highest BCUT2D eigenvalue weighted by Gasteiger charge is 2.25. The largest absolute Gasteiger partial charge is 0.388 e. The topological polar surface area (TPSA) is 78.5 Å². The molecule has 0 atom stereocenters. The molecule has 0 amide bonds. The number of aromatic nitrogens is 2. The second kappa shape index (κ2) is 4.68. The summed E-state index contributed by atoms with van der Waals surface area (Å²) in [4.78, 5) is 0. The molecule has 1 aromatic rings. The Morgan fingerprint density at radius 2 is 2.31 bits per heavy atom. The van der Waals surface area contributed by atoms with Crippen molar-refractivity contribution in [2.75, 3.05) is 0 Å². The minimum absolute atomic E-state index is 0.266. The van der Waals surface area contributed by atoms with Gasteiger partial charge in [0.15, 0.2) is 0 Å². The molecule has 0 saturated heterocycles. The van der Waals surface area contributed by atoms with Gasteiger partial charge in [-0.2, -0.15) is 5.10 Å². The minimum Gasteiger partial charge on any atom is -0.388 e. The number of nitrogens with one attached hydrogen (secondary N) is 2. The van der Waals surface area contributed by atoms with Crippen LogP contribution in [0, 0.1) is 5.41 Å². The molecule has 4 heteroatoms. The van der Waals surface area contributed by atoms with Gasteiger partial charge in [-0.25, -0.2) is 0 Å². The van der Waals surface area contributed by atoms with E-state index in [0.29, 0.717) is 12.3 Å². The van der Waals surface area contributed by atoms with Crippen molar-refractivity contribution in [3.05, 3.63) is 17.0 Å². The maximum Gasteiger partial charge on any atom is 0.0908 e. The van der Waals surface area contributed by atoms with Crippen LogP contribution in [-0.2, 0) is 12.8 Å². The first-order valence-corrected chi connectivity index (χ1v) is 6.11. The van der Waals surface area contributed by atoms with Crippen molar-refractivity contribution in [3.8, 4) is 0 Å². The number of H-pyrrole nitrogens is 1. The summed E-state index contributed by atoms with van der Waals surface area (Å²) < 4.78 is 0. The molecule has 0 bridgehead atoms. The van der Waals surface area contributed by atoms with Gasteiger partial charge in [0, 0.05) is 18.0 Å². The fraction of sp³-hybridized carbons (Fsp3) is 0.667. The number of aryl methyl sites for hydroxylation is 1. The number of hydrogen-bond donors (Lipinski definition) is 3. The average molecular weight is 220 g/mol. The standard InChI is InChI=1S/C12H20N4/c1-2-10-9(6-7-11(13)14)12(16-15-10)8-4-3-5-8/h8H,2-7H2,1H3,(H3,13,14)(H,15,16). The van der Waals surface area contributed by atoms with Gasteiger partial charge in [0.2, 0.25) is 0 Å². The van der Waals surface area contributed by atoms with Crippen LogP contribution >= 0.6 is 0 Å². The van der Waals surface area contributed by atoms with Gasteiger partial charge in [-0.15, -0.1) is 0 Å². The first kappa shape index (κ1) is 11.2. The third-order valence-electron chi connectivity index (χ3n) is 3.47. The highest BCUT2D eigenvalue weighted by molar-refractivity contribution is 5.77. The molecule has 1 aliphatic rings. The summed E-state index contributed by atoms with van der Waals surface area (Å²) >= 11 is 0. The maximum atomic E-state index is 7.31. The predicted molar refractivity (Wildman–Crippen MR) is 64.8 cm³/mol. The second-order valence-electron chi connectivity index (χ2n) is 4.57. The van der Waals surface area contributed by atoms with Crippen LogP contribution in [0.3, 0.4) is 0 Å². The number of rotatable bonds is 5. The molecule has 4 nitrogen and oxygen atoms in total. The molecule has 0 spiro atoms. The van der Waals surface area contributed by atoms with Crippen molar-refractivity contribution in [2.24, 2.45) is 5.73 Å². The molecule has 0 aliphatic heterocycles. The van der Waals surface area contributed by atoms with Gasteiger partial charge >= 0.3 is 0 Å². The first-order valence-electron chi connectivity index (χ1n) is 6.11. The Hall–Kier alpha value is -1.32. The van der Waals surface area contributed by atoms with Gasteiger partial charge in [0.1, 0.15) is 0 Å². The number of aromatic amines is 1. The van der Waals surface area contributed by atoms with E-state index < -0.39 is 0 Å². The van der Waals surface area contributed by atoms with E-state index in [1.165, 1.54) is 36.2 Å². The van der Waals surface area contributed by atoms with Gasteiger partial charge in [0.05, 0.1) is 11.5 Å². The number of amidine groups is 1. The Balaban J connectivity index is 2.16. The van der Waals surface area contributed by atoms with Crippen LogP contribution in [0.25, 0.3) is 0 Å². The Labute approximate surface area is 96.1 Å². The summed E-state index contributed by atoms with van der Waals surface area (Å²) in [7, 11) is 0. The van der Waals surface area contributed by atoms with E-state index in [1.54, 1.807) is 0 Å². The lowest BCUT2D eigenvalue weighted by Gasteiger charge is -2.24. The average Bonchev–Trinajstić information content (AvgIpc) is 2.55. The molecule has 4 N–H and O–H groups in total. The van der Waals surface area contributed by atoms with Crippen LogP contribution in [-0.4, -0.2) is 16.0 Å². The van der Waals surface area contributed by atoms with Crippen LogP contribution in [0.5, 0.6) is 0 Å². The minimum atomic E-state index is 0.266. The van der Waals surface area contributed by atoms with E-state index in [1.807, 2.05) is 0 Å². The van der Waals surface area contributed by atoms with E-state index >= 15 is 0 Å². The molecule has 1 aliphatic carbocycles. The number of nitrogens with zero attached hydrogens (tertiary/aromatic N) is 1. The van der Waals surface area contributed by atoms with E-state index in [4.69, 9.17) is 11.1 Å². The lowest BCUT2D eigenvalue weighted by molar-refractivity contribution is 0.408. The van der Waals surface area contributed by atoms with Crippen molar-refractivity contribution in [3.63, 3.8) is 0 Å². The van der Waals surface area contributed by atoms with Crippen LogP contribution in [0.1, 0.15) is 55.5 Å². The third kappa shape index (κ3) is 2.10.